The third-order valence-corrected chi connectivity index (χ3v) is 9.78. The van der Waals surface area contributed by atoms with E-state index in [1.54, 1.807) is 80.9 Å². The average molecular weight is 555 g/mol. The second kappa shape index (κ2) is 12.1. The molecule has 4 rings (SSSR count). The van der Waals surface area contributed by atoms with Crippen molar-refractivity contribution in [2.24, 2.45) is 0 Å². The molecule has 0 aliphatic carbocycles. The Bertz CT molecular complexity index is 1380. The summed E-state index contributed by atoms with van der Waals surface area (Å²) >= 11 is 0. The van der Waals surface area contributed by atoms with E-state index in [0.29, 0.717) is 47.6 Å². The second-order valence-corrected chi connectivity index (χ2v) is 12.0. The predicted molar refractivity (Wildman–Crippen MR) is 148 cm³/mol. The Morgan fingerprint density at radius 1 is 1.05 bits per heavy atom. The van der Waals surface area contributed by atoms with E-state index in [1.807, 2.05) is 0 Å². The van der Waals surface area contributed by atoms with E-state index >= 15 is 0 Å². The lowest BCUT2D eigenvalue weighted by molar-refractivity contribution is -0.139. The molecule has 208 valence electrons. The number of carbonyl (C=O) groups is 1. The Hall–Kier alpha value is -3.60. The van der Waals surface area contributed by atoms with Crippen molar-refractivity contribution in [1.29, 1.82) is 0 Å². The summed E-state index contributed by atoms with van der Waals surface area (Å²) < 4.78 is 37.1. The van der Waals surface area contributed by atoms with Crippen LogP contribution in [0.2, 0.25) is 0 Å². The van der Waals surface area contributed by atoms with Crippen molar-refractivity contribution in [2.45, 2.75) is 34.9 Å². The van der Waals surface area contributed by atoms with Gasteiger partial charge in [0.2, 0.25) is 0 Å². The van der Waals surface area contributed by atoms with Gasteiger partial charge in [-0.2, -0.15) is 0 Å². The quantitative estimate of drug-likeness (QED) is 0.282. The summed E-state index contributed by atoms with van der Waals surface area (Å²) in [6.45, 7) is 0.862. The number of phenols is 1. The first-order valence-electron chi connectivity index (χ1n) is 12.7. The predicted octanol–water partition coefficient (Wildman–Crippen LogP) is 3.26. The van der Waals surface area contributed by atoms with Crippen molar-refractivity contribution in [1.82, 2.24) is 10.6 Å². The van der Waals surface area contributed by atoms with Crippen LogP contribution in [0.4, 0.5) is 0 Å². The zero-order chi connectivity index (χ0) is 28.0. The molecule has 0 radical (unpaired) electrons. The molecule has 39 heavy (non-hydrogen) atoms. The van der Waals surface area contributed by atoms with Crippen LogP contribution in [0, 0.1) is 0 Å². The molecule has 0 aromatic heterocycles. The van der Waals surface area contributed by atoms with E-state index in [4.69, 9.17) is 9.47 Å². The number of hydrogen-bond donors (Lipinski definition) is 4. The highest BCUT2D eigenvalue weighted by Crippen LogP contribution is 2.40. The van der Waals surface area contributed by atoms with E-state index in [1.165, 1.54) is 0 Å². The van der Waals surface area contributed by atoms with Gasteiger partial charge in [-0.3, -0.25) is 4.79 Å². The molecule has 1 unspecified atom stereocenters. The third-order valence-electron chi connectivity index (χ3n) is 7.25. The highest BCUT2D eigenvalue weighted by molar-refractivity contribution is 7.93. The monoisotopic (exact) mass is 554 g/mol. The molecule has 0 amide bonds. The third kappa shape index (κ3) is 5.88. The van der Waals surface area contributed by atoms with E-state index < -0.39 is 26.6 Å². The van der Waals surface area contributed by atoms with Crippen molar-refractivity contribution in [3.8, 4) is 28.4 Å². The number of aliphatic carboxylic acids is 1. The largest absolute Gasteiger partial charge is 0.508 e. The van der Waals surface area contributed by atoms with Gasteiger partial charge in [-0.15, -0.1) is 0 Å². The molecule has 3 aromatic rings. The van der Waals surface area contributed by atoms with Crippen LogP contribution in [0.1, 0.15) is 18.4 Å². The Labute approximate surface area is 228 Å². The fourth-order valence-corrected chi connectivity index (χ4v) is 7.06. The number of carboxylic acids is 1. The number of sulfone groups is 1. The summed E-state index contributed by atoms with van der Waals surface area (Å²) in [5, 5.41) is 27.0. The fraction of sp³-hybridized carbons (Fsp3) is 0.345. The van der Waals surface area contributed by atoms with E-state index in [9.17, 15) is 23.4 Å². The Morgan fingerprint density at radius 3 is 2.31 bits per heavy atom. The summed E-state index contributed by atoms with van der Waals surface area (Å²) in [6, 6.07) is 17.5. The van der Waals surface area contributed by atoms with Crippen molar-refractivity contribution < 1.29 is 32.9 Å². The van der Waals surface area contributed by atoms with Crippen molar-refractivity contribution in [3.05, 3.63) is 72.3 Å². The van der Waals surface area contributed by atoms with Crippen LogP contribution >= 0.6 is 0 Å². The number of benzene rings is 3. The van der Waals surface area contributed by atoms with Gasteiger partial charge in [0.1, 0.15) is 28.0 Å². The first-order valence-corrected chi connectivity index (χ1v) is 14.2. The lowest BCUT2D eigenvalue weighted by Crippen LogP contribution is -2.59. The molecule has 2 atom stereocenters. The number of rotatable bonds is 11. The molecule has 1 aliphatic rings. The number of methoxy groups -OCH3 is 2. The number of carboxylic acid groups (broad SMARTS) is 1. The van der Waals surface area contributed by atoms with E-state index in [2.05, 4.69) is 10.6 Å². The van der Waals surface area contributed by atoms with Crippen LogP contribution in [0.15, 0.2) is 71.6 Å². The molecule has 1 fully saturated rings. The number of ether oxygens (including phenoxy) is 2. The minimum Gasteiger partial charge on any atom is -0.508 e. The lowest BCUT2D eigenvalue weighted by Gasteiger charge is -2.38. The highest BCUT2D eigenvalue weighted by atomic mass is 32.2. The average Bonchev–Trinajstić information content (AvgIpc) is 2.96. The molecule has 0 spiro atoms. The van der Waals surface area contributed by atoms with E-state index in [0.717, 1.165) is 0 Å². The Kier molecular flexibility index (Phi) is 8.79. The molecule has 1 aliphatic heterocycles. The normalized spacial score (nSPS) is 18.3. The zero-order valence-electron chi connectivity index (χ0n) is 22.0. The minimum atomic E-state index is -3.77. The molecule has 0 saturated carbocycles. The lowest BCUT2D eigenvalue weighted by atomic mass is 9.96. The smallest absolute Gasteiger partial charge is 0.321 e. The molecule has 3 aromatic carbocycles. The molecule has 4 N–H and O–H groups in total. The van der Waals surface area contributed by atoms with Gasteiger partial charge in [-0.1, -0.05) is 36.4 Å². The van der Waals surface area contributed by atoms with Crippen LogP contribution in [0.5, 0.6) is 17.2 Å². The van der Waals surface area contributed by atoms with Crippen LogP contribution in [-0.2, 0) is 21.1 Å². The van der Waals surface area contributed by atoms with Crippen molar-refractivity contribution >= 4 is 15.8 Å². The number of piperidine rings is 1. The standard InChI is InChI=1S/C29H34N2O7S/c1-37-25-10-6-11-26(38-2)27(25)21-13-12-20(24(32)17-21)16-23(28(33)34)31-19-29(14-7-15-30-18-29)39(35,36)22-8-4-3-5-9-22/h3-6,8-13,17,23,30-32H,7,14-16,18-19H2,1-2H3,(H,33,34)/t23-,29?/m0/s1. The van der Waals surface area contributed by atoms with Gasteiger partial charge in [-0.25, -0.2) is 8.42 Å². The van der Waals surface area contributed by atoms with Crippen molar-refractivity contribution in [2.75, 3.05) is 33.9 Å². The molecule has 10 heteroatoms. The topological polar surface area (TPSA) is 134 Å². The van der Waals surface area contributed by atoms with Gasteiger partial charge in [0.25, 0.3) is 0 Å². The summed E-state index contributed by atoms with van der Waals surface area (Å²) in [4.78, 5) is 12.4. The van der Waals surface area contributed by atoms with E-state index in [-0.39, 0.29) is 30.2 Å². The minimum absolute atomic E-state index is 0.0423. The van der Waals surface area contributed by atoms with Gasteiger partial charge in [-0.05, 0) is 60.8 Å². The molecule has 9 nitrogen and oxygen atoms in total. The van der Waals surface area contributed by atoms with Gasteiger partial charge < -0.3 is 30.3 Å². The first-order chi connectivity index (χ1) is 18.7. The summed E-state index contributed by atoms with van der Waals surface area (Å²) in [7, 11) is -0.679. The van der Waals surface area contributed by atoms with Gasteiger partial charge in [0, 0.05) is 19.5 Å². The maximum atomic E-state index is 13.7. The molecule has 0 bridgehead atoms. The summed E-state index contributed by atoms with van der Waals surface area (Å²) in [5.74, 6) is -0.0875. The van der Waals surface area contributed by atoms with Crippen molar-refractivity contribution in [3.63, 3.8) is 0 Å². The maximum absolute atomic E-state index is 13.7. The summed E-state index contributed by atoms with van der Waals surface area (Å²) in [5.41, 5.74) is 1.72. The molecule has 1 heterocycles. The maximum Gasteiger partial charge on any atom is 0.321 e. The summed E-state index contributed by atoms with van der Waals surface area (Å²) in [6.07, 6.45) is 1.01. The van der Waals surface area contributed by atoms with Crippen LogP contribution in [-0.4, -0.2) is 69.2 Å². The number of nitrogens with one attached hydrogen (secondary N) is 2. The Morgan fingerprint density at radius 2 is 1.74 bits per heavy atom. The van der Waals surface area contributed by atoms with Crippen LogP contribution in [0.3, 0.4) is 0 Å². The molecule has 1 saturated heterocycles. The SMILES string of the molecule is COc1cccc(OC)c1-c1ccc(C[C@H](NCC2(S(=O)(=O)c3ccccc3)CCCNC2)C(=O)O)c(O)c1. The fourth-order valence-electron chi connectivity index (χ4n) is 5.07. The highest BCUT2D eigenvalue weighted by Gasteiger charge is 2.46. The second-order valence-electron chi connectivity index (χ2n) is 9.64. The molecular formula is C29H34N2O7S. The van der Waals surface area contributed by atoms with Gasteiger partial charge >= 0.3 is 5.97 Å². The number of aromatic hydroxyl groups is 1. The first kappa shape index (κ1) is 28.4. The van der Waals surface area contributed by atoms with Gasteiger partial charge in [0.05, 0.1) is 24.7 Å². The number of hydrogen-bond acceptors (Lipinski definition) is 8. The van der Waals surface area contributed by atoms with Crippen LogP contribution < -0.4 is 20.1 Å². The molecular weight excluding hydrogens is 520 g/mol. The zero-order valence-corrected chi connectivity index (χ0v) is 22.8. The van der Waals surface area contributed by atoms with Crippen LogP contribution in [0.25, 0.3) is 11.1 Å². The Balaban J connectivity index is 1.58. The van der Waals surface area contributed by atoms with Gasteiger partial charge in [0.15, 0.2) is 9.84 Å². The number of phenolic OH excluding ortho intramolecular Hbond substituents is 1.